The molecule has 0 aliphatic heterocycles. The zero-order chi connectivity index (χ0) is 9.14. The first-order valence-electron chi connectivity index (χ1n) is 3.23. The third-order valence-corrected chi connectivity index (χ3v) is 1.79. The first-order valence-corrected chi connectivity index (χ1v) is 3.99. The first-order chi connectivity index (χ1) is 5.63. The molecule has 0 fully saturated rings. The van der Waals surface area contributed by atoms with Crippen molar-refractivity contribution in [1.29, 1.82) is 0 Å². The van der Waals surface area contributed by atoms with Crippen molar-refractivity contribution in [2.45, 2.75) is 6.10 Å². The second kappa shape index (κ2) is 3.82. The Morgan fingerprint density at radius 2 is 1.75 bits per heavy atom. The average Bonchev–Trinajstić information content (AvgIpc) is 2.01. The summed E-state index contributed by atoms with van der Waals surface area (Å²) in [5.74, 6) is 2.17. The van der Waals surface area contributed by atoms with Crippen molar-refractivity contribution < 1.29 is 5.11 Å². The van der Waals surface area contributed by atoms with Gasteiger partial charge in [-0.05, 0) is 23.8 Å². The van der Waals surface area contributed by atoms with Gasteiger partial charge in [-0.25, -0.2) is 0 Å². The lowest BCUT2D eigenvalue weighted by Gasteiger charge is -2.04. The number of halogens is 2. The highest BCUT2D eigenvalue weighted by Gasteiger charge is 2.04. The van der Waals surface area contributed by atoms with Gasteiger partial charge in [0.25, 0.3) is 0 Å². The molecule has 1 aromatic carbocycles. The van der Waals surface area contributed by atoms with Gasteiger partial charge >= 0.3 is 0 Å². The molecule has 1 atom stereocenters. The van der Waals surface area contributed by atoms with Crippen LogP contribution in [-0.2, 0) is 0 Å². The van der Waals surface area contributed by atoms with Crippen molar-refractivity contribution >= 4 is 23.2 Å². The number of benzene rings is 1. The van der Waals surface area contributed by atoms with Gasteiger partial charge in [0.15, 0.2) is 0 Å². The molecule has 0 amide bonds. The molecular formula is C9H6Cl2O. The van der Waals surface area contributed by atoms with Crippen LogP contribution < -0.4 is 0 Å². The normalized spacial score (nSPS) is 12.2. The summed E-state index contributed by atoms with van der Waals surface area (Å²) in [7, 11) is 0. The van der Waals surface area contributed by atoms with E-state index in [9.17, 15) is 5.11 Å². The van der Waals surface area contributed by atoms with E-state index in [0.717, 1.165) is 0 Å². The van der Waals surface area contributed by atoms with E-state index >= 15 is 0 Å². The summed E-state index contributed by atoms with van der Waals surface area (Å²) in [6, 6.07) is 4.74. The average molecular weight is 201 g/mol. The van der Waals surface area contributed by atoms with Crippen LogP contribution in [0.5, 0.6) is 0 Å². The molecule has 0 bridgehead atoms. The quantitative estimate of drug-likeness (QED) is 0.692. The van der Waals surface area contributed by atoms with E-state index in [-0.39, 0.29) is 0 Å². The van der Waals surface area contributed by atoms with E-state index in [0.29, 0.717) is 15.6 Å². The Kier molecular flexibility index (Phi) is 2.99. The van der Waals surface area contributed by atoms with Crippen LogP contribution in [0.1, 0.15) is 11.7 Å². The van der Waals surface area contributed by atoms with Gasteiger partial charge in [0.1, 0.15) is 6.10 Å². The highest BCUT2D eigenvalue weighted by molar-refractivity contribution is 6.34. The Bertz CT molecular complexity index is 308. The van der Waals surface area contributed by atoms with Gasteiger partial charge in [0, 0.05) is 10.0 Å². The Hall–Kier alpha value is -0.680. The maximum absolute atomic E-state index is 9.22. The summed E-state index contributed by atoms with van der Waals surface area (Å²) in [5, 5.41) is 10.2. The number of aliphatic hydroxyl groups is 1. The standard InChI is InChI=1S/C9H6Cl2O/c1-2-9(12)6-3-7(10)5-8(11)4-6/h1,3-5,9,12H. The summed E-state index contributed by atoms with van der Waals surface area (Å²) < 4.78 is 0. The van der Waals surface area contributed by atoms with Gasteiger partial charge in [0.2, 0.25) is 0 Å². The fourth-order valence-corrected chi connectivity index (χ4v) is 1.37. The lowest BCUT2D eigenvalue weighted by Crippen LogP contribution is -1.92. The minimum absolute atomic E-state index is 0.465. The van der Waals surface area contributed by atoms with E-state index in [4.69, 9.17) is 29.6 Å². The van der Waals surface area contributed by atoms with Crippen molar-refractivity contribution in [3.63, 3.8) is 0 Å². The maximum atomic E-state index is 9.22. The summed E-state index contributed by atoms with van der Waals surface area (Å²) in [6.45, 7) is 0. The molecule has 1 aromatic rings. The molecule has 12 heavy (non-hydrogen) atoms. The highest BCUT2D eigenvalue weighted by Crippen LogP contribution is 2.22. The Morgan fingerprint density at radius 3 is 2.17 bits per heavy atom. The second-order valence-electron chi connectivity index (χ2n) is 2.27. The molecule has 0 aliphatic rings. The van der Waals surface area contributed by atoms with Gasteiger partial charge < -0.3 is 5.11 Å². The molecule has 0 radical (unpaired) electrons. The van der Waals surface area contributed by atoms with E-state index < -0.39 is 6.10 Å². The predicted octanol–water partition coefficient (Wildman–Crippen LogP) is 2.66. The third-order valence-electron chi connectivity index (χ3n) is 1.36. The molecule has 0 aromatic heterocycles. The number of hydrogen-bond acceptors (Lipinski definition) is 1. The molecule has 0 saturated heterocycles. The smallest absolute Gasteiger partial charge is 0.140 e. The Balaban J connectivity index is 3.10. The molecule has 3 heteroatoms. The lowest BCUT2D eigenvalue weighted by molar-refractivity contribution is 0.238. The van der Waals surface area contributed by atoms with E-state index in [1.165, 1.54) is 0 Å². The van der Waals surface area contributed by atoms with E-state index in [2.05, 4.69) is 5.92 Å². The maximum Gasteiger partial charge on any atom is 0.140 e. The zero-order valence-electron chi connectivity index (χ0n) is 6.09. The van der Waals surface area contributed by atoms with Crippen LogP contribution in [0.3, 0.4) is 0 Å². The monoisotopic (exact) mass is 200 g/mol. The molecule has 1 unspecified atom stereocenters. The lowest BCUT2D eigenvalue weighted by atomic mass is 10.1. The summed E-state index contributed by atoms with van der Waals surface area (Å²) in [6.07, 6.45) is 4.07. The fraction of sp³-hybridized carbons (Fsp3) is 0.111. The molecule has 1 nitrogen and oxygen atoms in total. The summed E-state index contributed by atoms with van der Waals surface area (Å²) in [4.78, 5) is 0. The number of hydrogen-bond donors (Lipinski definition) is 1. The topological polar surface area (TPSA) is 20.2 Å². The number of rotatable bonds is 1. The summed E-state index contributed by atoms with van der Waals surface area (Å²) in [5.41, 5.74) is 0.537. The molecule has 0 saturated carbocycles. The molecule has 0 spiro atoms. The van der Waals surface area contributed by atoms with Gasteiger partial charge in [-0.2, -0.15) is 0 Å². The van der Waals surface area contributed by atoms with Crippen LogP contribution in [-0.4, -0.2) is 5.11 Å². The molecule has 62 valence electrons. The summed E-state index contributed by atoms with van der Waals surface area (Å²) >= 11 is 11.4. The van der Waals surface area contributed by atoms with E-state index in [1.54, 1.807) is 18.2 Å². The predicted molar refractivity (Wildman–Crippen MR) is 50.3 cm³/mol. The van der Waals surface area contributed by atoms with Crippen molar-refractivity contribution in [2.24, 2.45) is 0 Å². The van der Waals surface area contributed by atoms with Crippen LogP contribution in [0.4, 0.5) is 0 Å². The van der Waals surface area contributed by atoms with Crippen molar-refractivity contribution in [2.75, 3.05) is 0 Å². The van der Waals surface area contributed by atoms with Crippen LogP contribution in [0.2, 0.25) is 10.0 Å². The van der Waals surface area contributed by atoms with Crippen LogP contribution in [0.25, 0.3) is 0 Å². The van der Waals surface area contributed by atoms with Gasteiger partial charge in [-0.3, -0.25) is 0 Å². The SMILES string of the molecule is C#CC(O)c1cc(Cl)cc(Cl)c1. The number of aliphatic hydroxyl groups excluding tert-OH is 1. The van der Waals surface area contributed by atoms with E-state index in [1.807, 2.05) is 0 Å². The van der Waals surface area contributed by atoms with Crippen LogP contribution >= 0.6 is 23.2 Å². The Labute approximate surface area is 80.9 Å². The minimum atomic E-state index is -0.943. The molecule has 1 rings (SSSR count). The van der Waals surface area contributed by atoms with Crippen molar-refractivity contribution in [3.8, 4) is 12.3 Å². The molecular weight excluding hydrogens is 195 g/mol. The zero-order valence-corrected chi connectivity index (χ0v) is 7.60. The van der Waals surface area contributed by atoms with Crippen molar-refractivity contribution in [3.05, 3.63) is 33.8 Å². The second-order valence-corrected chi connectivity index (χ2v) is 3.14. The van der Waals surface area contributed by atoms with Gasteiger partial charge in [-0.1, -0.05) is 29.1 Å². The largest absolute Gasteiger partial charge is 0.376 e. The van der Waals surface area contributed by atoms with Gasteiger partial charge in [-0.15, -0.1) is 6.42 Å². The van der Waals surface area contributed by atoms with Gasteiger partial charge in [0.05, 0.1) is 0 Å². The van der Waals surface area contributed by atoms with Crippen LogP contribution in [0, 0.1) is 12.3 Å². The minimum Gasteiger partial charge on any atom is -0.376 e. The molecule has 0 aliphatic carbocycles. The first kappa shape index (κ1) is 9.41. The fourth-order valence-electron chi connectivity index (χ4n) is 0.829. The third kappa shape index (κ3) is 2.15. The van der Waals surface area contributed by atoms with Crippen LogP contribution in [0.15, 0.2) is 18.2 Å². The molecule has 1 N–H and O–H groups in total. The van der Waals surface area contributed by atoms with Crippen molar-refractivity contribution in [1.82, 2.24) is 0 Å². The number of terminal acetylenes is 1. The highest BCUT2D eigenvalue weighted by atomic mass is 35.5. The Morgan fingerprint density at radius 1 is 1.25 bits per heavy atom. The molecule has 0 heterocycles.